The molecule has 0 N–H and O–H groups in total. The number of amides is 2. The molecule has 0 radical (unpaired) electrons. The van der Waals surface area contributed by atoms with Crippen molar-refractivity contribution in [3.05, 3.63) is 0 Å². The molecule has 1 aliphatic heterocycles. The molecule has 4 nitrogen and oxygen atoms in total. The number of hydrogen-bond acceptors (Lipinski definition) is 3. The summed E-state index contributed by atoms with van der Waals surface area (Å²) in [5.41, 5.74) is -1.09. The van der Waals surface area contributed by atoms with Crippen LogP contribution >= 0.6 is 0 Å². The molecule has 19 heavy (non-hydrogen) atoms. The Morgan fingerprint density at radius 3 is 2.16 bits per heavy atom. The van der Waals surface area contributed by atoms with E-state index in [2.05, 4.69) is 6.07 Å². The van der Waals surface area contributed by atoms with Gasteiger partial charge in [-0.15, -0.1) is 0 Å². The second kappa shape index (κ2) is 4.96. The van der Waals surface area contributed by atoms with Gasteiger partial charge in [0.15, 0.2) is 0 Å². The van der Waals surface area contributed by atoms with E-state index in [1.54, 1.807) is 6.92 Å². The van der Waals surface area contributed by atoms with Crippen molar-refractivity contribution in [2.45, 2.75) is 70.8 Å². The second-order valence-electron chi connectivity index (χ2n) is 6.28. The number of likely N-dealkylation sites (tertiary alicyclic amines) is 1. The number of nitrogens with zero attached hydrogens (tertiary/aromatic N) is 2. The zero-order valence-electron chi connectivity index (χ0n) is 11.9. The molecule has 2 fully saturated rings. The number of rotatable bonds is 2. The van der Waals surface area contributed by atoms with E-state index >= 15 is 0 Å². The van der Waals surface area contributed by atoms with Crippen LogP contribution in [0.4, 0.5) is 0 Å². The predicted octanol–water partition coefficient (Wildman–Crippen LogP) is 2.78. The summed E-state index contributed by atoms with van der Waals surface area (Å²) in [7, 11) is 0. The molecule has 0 aromatic rings. The first-order chi connectivity index (χ1) is 8.96. The van der Waals surface area contributed by atoms with Crippen molar-refractivity contribution in [2.75, 3.05) is 0 Å². The highest BCUT2D eigenvalue weighted by Gasteiger charge is 2.49. The van der Waals surface area contributed by atoms with Gasteiger partial charge in [-0.25, -0.2) is 0 Å². The van der Waals surface area contributed by atoms with Crippen LogP contribution < -0.4 is 0 Å². The van der Waals surface area contributed by atoms with E-state index in [1.165, 1.54) is 11.3 Å². The lowest BCUT2D eigenvalue weighted by atomic mass is 9.67. The third kappa shape index (κ3) is 2.39. The topological polar surface area (TPSA) is 61.2 Å². The van der Waals surface area contributed by atoms with E-state index in [1.807, 2.05) is 6.92 Å². The Balaban J connectivity index is 2.23. The quantitative estimate of drug-likeness (QED) is 0.719. The summed E-state index contributed by atoms with van der Waals surface area (Å²) in [5.74, 6) is -0.298. The van der Waals surface area contributed by atoms with Gasteiger partial charge in [0, 0.05) is 12.8 Å². The molecule has 1 unspecified atom stereocenters. The zero-order chi connectivity index (χ0) is 14.1. The molecule has 2 rings (SSSR count). The predicted molar refractivity (Wildman–Crippen MR) is 70.9 cm³/mol. The first-order valence-electron chi connectivity index (χ1n) is 7.23. The van der Waals surface area contributed by atoms with Gasteiger partial charge in [0.05, 0.1) is 6.07 Å². The number of carbonyl (C=O) groups is 2. The van der Waals surface area contributed by atoms with E-state index in [9.17, 15) is 14.9 Å². The van der Waals surface area contributed by atoms with Crippen molar-refractivity contribution in [1.82, 2.24) is 4.90 Å². The molecule has 1 atom stereocenters. The Hall–Kier alpha value is -1.37. The first-order valence-corrected chi connectivity index (χ1v) is 7.23. The first kappa shape index (κ1) is 14.0. The average molecular weight is 262 g/mol. The Morgan fingerprint density at radius 2 is 1.74 bits per heavy atom. The van der Waals surface area contributed by atoms with Gasteiger partial charge >= 0.3 is 0 Å². The van der Waals surface area contributed by atoms with E-state index in [0.29, 0.717) is 19.3 Å². The molecule has 1 saturated carbocycles. The molecule has 1 spiro atoms. The van der Waals surface area contributed by atoms with E-state index in [0.717, 1.165) is 25.7 Å². The highest BCUT2D eigenvalue weighted by atomic mass is 16.2. The maximum atomic E-state index is 12.4. The Kier molecular flexibility index (Phi) is 3.66. The molecule has 4 heteroatoms. The van der Waals surface area contributed by atoms with Gasteiger partial charge in [0.1, 0.15) is 5.54 Å². The summed E-state index contributed by atoms with van der Waals surface area (Å²) < 4.78 is 0. The van der Waals surface area contributed by atoms with Gasteiger partial charge in [0.2, 0.25) is 11.8 Å². The lowest BCUT2D eigenvalue weighted by molar-refractivity contribution is -0.160. The molecule has 1 saturated heterocycles. The van der Waals surface area contributed by atoms with Gasteiger partial charge in [-0.1, -0.05) is 26.2 Å². The number of hydrogen-bond donors (Lipinski definition) is 0. The maximum absolute atomic E-state index is 12.4. The van der Waals surface area contributed by atoms with Crippen molar-refractivity contribution < 1.29 is 9.59 Å². The summed E-state index contributed by atoms with van der Waals surface area (Å²) >= 11 is 0. The van der Waals surface area contributed by atoms with Crippen molar-refractivity contribution >= 4 is 11.8 Å². The number of piperidine rings is 1. The largest absolute Gasteiger partial charge is 0.274 e. The number of carbonyl (C=O) groups excluding carboxylic acids is 2. The minimum absolute atomic E-state index is 0.104. The van der Waals surface area contributed by atoms with Crippen LogP contribution in [0, 0.1) is 16.7 Å². The molecule has 2 amide bonds. The van der Waals surface area contributed by atoms with E-state index in [4.69, 9.17) is 0 Å². The highest BCUT2D eigenvalue weighted by molar-refractivity contribution is 5.99. The monoisotopic (exact) mass is 262 g/mol. The molecule has 2 aliphatic rings. The van der Waals surface area contributed by atoms with Crippen molar-refractivity contribution in [2.24, 2.45) is 5.41 Å². The van der Waals surface area contributed by atoms with Gasteiger partial charge in [-0.3, -0.25) is 14.5 Å². The van der Waals surface area contributed by atoms with Gasteiger partial charge in [-0.2, -0.15) is 5.26 Å². The van der Waals surface area contributed by atoms with Crippen molar-refractivity contribution in [3.63, 3.8) is 0 Å². The van der Waals surface area contributed by atoms with Crippen LogP contribution in [0.25, 0.3) is 0 Å². The molecule has 0 aromatic heterocycles. The standard InChI is InChI=1S/C15H22N2O2/c1-3-14(2,11-16)17-12(18)9-15(10-13(17)19)7-5-4-6-8-15/h3-10H2,1-2H3. The Morgan fingerprint density at radius 1 is 1.21 bits per heavy atom. The van der Waals surface area contributed by atoms with Crippen LogP contribution in [-0.2, 0) is 9.59 Å². The summed E-state index contributed by atoms with van der Waals surface area (Å²) in [6.07, 6.45) is 6.76. The van der Waals surface area contributed by atoms with Crippen molar-refractivity contribution in [1.29, 1.82) is 5.26 Å². The third-order valence-corrected chi connectivity index (χ3v) is 4.89. The normalized spacial score (nSPS) is 26.1. The molecular weight excluding hydrogens is 240 g/mol. The SMILES string of the molecule is CCC(C)(C#N)N1C(=O)CC2(CCCCC2)CC1=O. The van der Waals surface area contributed by atoms with Gasteiger partial charge in [0.25, 0.3) is 0 Å². The molecule has 104 valence electrons. The highest BCUT2D eigenvalue weighted by Crippen LogP contribution is 2.46. The molecule has 1 aliphatic carbocycles. The third-order valence-electron chi connectivity index (χ3n) is 4.89. The maximum Gasteiger partial charge on any atom is 0.231 e. The summed E-state index contributed by atoms with van der Waals surface area (Å²) in [5, 5.41) is 9.28. The van der Waals surface area contributed by atoms with Crippen LogP contribution in [0.3, 0.4) is 0 Å². The van der Waals surface area contributed by atoms with Gasteiger partial charge in [-0.05, 0) is 31.6 Å². The van der Waals surface area contributed by atoms with Crippen LogP contribution in [0.5, 0.6) is 0 Å². The lowest BCUT2D eigenvalue weighted by Crippen LogP contribution is -2.57. The Labute approximate surface area is 114 Å². The fourth-order valence-electron chi connectivity index (χ4n) is 3.49. The van der Waals surface area contributed by atoms with Crippen LogP contribution in [0.1, 0.15) is 65.2 Å². The van der Waals surface area contributed by atoms with Gasteiger partial charge < -0.3 is 0 Å². The number of nitriles is 1. The summed E-state index contributed by atoms with van der Waals surface area (Å²) in [6, 6.07) is 2.13. The van der Waals surface area contributed by atoms with Crippen LogP contribution in [-0.4, -0.2) is 22.3 Å². The second-order valence-corrected chi connectivity index (χ2v) is 6.28. The van der Waals surface area contributed by atoms with Crippen LogP contribution in [0.2, 0.25) is 0 Å². The molecule has 0 aromatic carbocycles. The molecule has 0 bridgehead atoms. The average Bonchev–Trinajstić information content (AvgIpc) is 2.38. The van der Waals surface area contributed by atoms with E-state index < -0.39 is 5.54 Å². The fraction of sp³-hybridized carbons (Fsp3) is 0.800. The molecule has 1 heterocycles. The summed E-state index contributed by atoms with van der Waals surface area (Å²) in [4.78, 5) is 26.0. The fourth-order valence-corrected chi connectivity index (χ4v) is 3.49. The smallest absolute Gasteiger partial charge is 0.231 e. The van der Waals surface area contributed by atoms with E-state index in [-0.39, 0.29) is 17.2 Å². The molecular formula is C15H22N2O2. The zero-order valence-corrected chi connectivity index (χ0v) is 11.9. The Bertz CT molecular complexity index is 412. The lowest BCUT2D eigenvalue weighted by Gasteiger charge is -2.45. The van der Waals surface area contributed by atoms with Crippen molar-refractivity contribution in [3.8, 4) is 6.07 Å². The number of imide groups is 1. The summed E-state index contributed by atoms with van der Waals surface area (Å²) in [6.45, 7) is 3.52. The minimum Gasteiger partial charge on any atom is -0.274 e. The minimum atomic E-state index is -0.982. The van der Waals surface area contributed by atoms with Crippen LogP contribution in [0.15, 0.2) is 0 Å².